The first-order chi connectivity index (χ1) is 9.87. The third-order valence-electron chi connectivity index (χ3n) is 3.24. The number of hydrogen-bond acceptors (Lipinski definition) is 4. The van der Waals surface area contributed by atoms with Crippen LogP contribution in [-0.2, 0) is 15.9 Å². The summed E-state index contributed by atoms with van der Waals surface area (Å²) in [7, 11) is 0. The Morgan fingerprint density at radius 1 is 1.43 bits per heavy atom. The molecule has 5 nitrogen and oxygen atoms in total. The number of rotatable bonds is 3. The molecule has 0 bridgehead atoms. The predicted molar refractivity (Wildman–Crippen MR) is 80.8 cm³/mol. The molecule has 2 rings (SSSR count). The standard InChI is InChI=1S/C16H24N2O3/c1-16(2,3)21-15(19)18-9-10-20-14(18)13(17)11-12-7-5-4-6-8-12/h4-8,13-14H,9-11,17H2,1-3H3. The van der Waals surface area contributed by atoms with E-state index < -0.39 is 11.8 Å². The lowest BCUT2D eigenvalue weighted by atomic mass is 10.1. The fraction of sp³-hybridized carbons (Fsp3) is 0.562. The van der Waals surface area contributed by atoms with E-state index in [1.807, 2.05) is 51.1 Å². The van der Waals surface area contributed by atoms with Gasteiger partial charge in [-0.2, -0.15) is 0 Å². The molecule has 0 spiro atoms. The quantitative estimate of drug-likeness (QED) is 0.927. The van der Waals surface area contributed by atoms with Crippen LogP contribution in [0.2, 0.25) is 0 Å². The minimum atomic E-state index is -0.520. The lowest BCUT2D eigenvalue weighted by molar-refractivity contribution is -0.0180. The monoisotopic (exact) mass is 292 g/mol. The molecular formula is C16H24N2O3. The van der Waals surface area contributed by atoms with E-state index in [0.29, 0.717) is 19.6 Å². The van der Waals surface area contributed by atoms with Crippen molar-refractivity contribution >= 4 is 6.09 Å². The Bertz CT molecular complexity index is 470. The molecule has 5 heteroatoms. The minimum absolute atomic E-state index is 0.276. The Kier molecular flexibility index (Phi) is 4.85. The number of hydrogen-bond donors (Lipinski definition) is 1. The largest absolute Gasteiger partial charge is 0.444 e. The Labute approximate surface area is 126 Å². The first-order valence-electron chi connectivity index (χ1n) is 7.27. The molecule has 116 valence electrons. The molecule has 0 aliphatic carbocycles. The zero-order valence-electron chi connectivity index (χ0n) is 12.9. The Morgan fingerprint density at radius 2 is 2.10 bits per heavy atom. The maximum absolute atomic E-state index is 12.2. The second-order valence-electron chi connectivity index (χ2n) is 6.29. The fourth-order valence-corrected chi connectivity index (χ4v) is 2.35. The summed E-state index contributed by atoms with van der Waals surface area (Å²) in [6.07, 6.45) is -0.140. The molecule has 1 saturated heterocycles. The van der Waals surface area contributed by atoms with Crippen molar-refractivity contribution in [3.63, 3.8) is 0 Å². The maximum Gasteiger partial charge on any atom is 0.412 e. The molecule has 1 heterocycles. The number of ether oxygens (including phenoxy) is 2. The van der Waals surface area contributed by atoms with Gasteiger partial charge in [-0.25, -0.2) is 4.79 Å². The Hall–Kier alpha value is -1.59. The highest BCUT2D eigenvalue weighted by Gasteiger charge is 2.36. The van der Waals surface area contributed by atoms with Gasteiger partial charge in [0.2, 0.25) is 0 Å². The van der Waals surface area contributed by atoms with Crippen LogP contribution >= 0.6 is 0 Å². The van der Waals surface area contributed by atoms with Crippen LogP contribution in [0.4, 0.5) is 4.79 Å². The SMILES string of the molecule is CC(C)(C)OC(=O)N1CCOC1C(N)Cc1ccccc1. The van der Waals surface area contributed by atoms with Crippen LogP contribution in [0.15, 0.2) is 30.3 Å². The van der Waals surface area contributed by atoms with E-state index in [4.69, 9.17) is 15.2 Å². The number of benzene rings is 1. The number of carbonyl (C=O) groups is 1. The molecular weight excluding hydrogens is 268 g/mol. The number of nitrogens with two attached hydrogens (primary N) is 1. The third kappa shape index (κ3) is 4.44. The number of amides is 1. The van der Waals surface area contributed by atoms with Gasteiger partial charge in [0.15, 0.2) is 6.23 Å². The molecule has 2 unspecified atom stereocenters. The van der Waals surface area contributed by atoms with Crippen LogP contribution in [0.5, 0.6) is 0 Å². The molecule has 1 aliphatic rings. The molecule has 21 heavy (non-hydrogen) atoms. The smallest absolute Gasteiger partial charge is 0.412 e. The van der Waals surface area contributed by atoms with Crippen molar-refractivity contribution < 1.29 is 14.3 Å². The van der Waals surface area contributed by atoms with E-state index in [9.17, 15) is 4.79 Å². The van der Waals surface area contributed by atoms with E-state index in [2.05, 4.69) is 0 Å². The van der Waals surface area contributed by atoms with Gasteiger partial charge in [-0.05, 0) is 32.8 Å². The minimum Gasteiger partial charge on any atom is -0.444 e. The van der Waals surface area contributed by atoms with Gasteiger partial charge in [-0.3, -0.25) is 4.90 Å². The maximum atomic E-state index is 12.2. The second kappa shape index (κ2) is 6.45. The van der Waals surface area contributed by atoms with Gasteiger partial charge in [0.25, 0.3) is 0 Å². The highest BCUT2D eigenvalue weighted by molar-refractivity contribution is 5.68. The number of carbonyl (C=O) groups excluding carboxylic acids is 1. The van der Waals surface area contributed by atoms with Crippen molar-refractivity contribution in [2.24, 2.45) is 5.73 Å². The molecule has 1 amide bonds. The summed E-state index contributed by atoms with van der Waals surface area (Å²) in [6, 6.07) is 9.68. The molecule has 1 aliphatic heterocycles. The van der Waals surface area contributed by atoms with Crippen LogP contribution in [0.3, 0.4) is 0 Å². The summed E-state index contributed by atoms with van der Waals surface area (Å²) < 4.78 is 11.0. The molecule has 2 atom stereocenters. The third-order valence-corrected chi connectivity index (χ3v) is 3.24. The van der Waals surface area contributed by atoms with Gasteiger partial charge in [0.05, 0.1) is 19.2 Å². The summed E-state index contributed by atoms with van der Waals surface area (Å²) in [6.45, 7) is 6.55. The van der Waals surface area contributed by atoms with Gasteiger partial charge in [-0.15, -0.1) is 0 Å². The van der Waals surface area contributed by atoms with Crippen molar-refractivity contribution in [3.8, 4) is 0 Å². The zero-order chi connectivity index (χ0) is 15.5. The van der Waals surface area contributed by atoms with Crippen LogP contribution in [-0.4, -0.2) is 42.0 Å². The molecule has 0 aromatic heterocycles. The van der Waals surface area contributed by atoms with Gasteiger partial charge < -0.3 is 15.2 Å². The average Bonchev–Trinajstić information content (AvgIpc) is 2.87. The van der Waals surface area contributed by atoms with Crippen molar-refractivity contribution in [1.29, 1.82) is 0 Å². The van der Waals surface area contributed by atoms with E-state index in [0.717, 1.165) is 5.56 Å². The fourth-order valence-electron chi connectivity index (χ4n) is 2.35. The highest BCUT2D eigenvalue weighted by atomic mass is 16.6. The highest BCUT2D eigenvalue weighted by Crippen LogP contribution is 2.19. The molecule has 0 radical (unpaired) electrons. The normalized spacial score (nSPS) is 20.4. The number of nitrogens with zero attached hydrogens (tertiary/aromatic N) is 1. The van der Waals surface area contributed by atoms with Crippen LogP contribution in [0.25, 0.3) is 0 Å². The average molecular weight is 292 g/mol. The first-order valence-corrected chi connectivity index (χ1v) is 7.27. The van der Waals surface area contributed by atoms with Crippen LogP contribution in [0, 0.1) is 0 Å². The van der Waals surface area contributed by atoms with Gasteiger partial charge in [0.1, 0.15) is 5.60 Å². The second-order valence-corrected chi connectivity index (χ2v) is 6.29. The molecule has 1 fully saturated rings. The van der Waals surface area contributed by atoms with E-state index in [1.54, 1.807) is 4.90 Å². The van der Waals surface area contributed by atoms with Crippen LogP contribution in [0.1, 0.15) is 26.3 Å². The summed E-state index contributed by atoms with van der Waals surface area (Å²) in [5, 5.41) is 0. The zero-order valence-corrected chi connectivity index (χ0v) is 12.9. The summed E-state index contributed by atoms with van der Waals surface area (Å²) in [5.41, 5.74) is 6.84. The van der Waals surface area contributed by atoms with Gasteiger partial charge >= 0.3 is 6.09 Å². The lowest BCUT2D eigenvalue weighted by Crippen LogP contribution is -2.49. The van der Waals surface area contributed by atoms with Crippen molar-refractivity contribution in [2.75, 3.05) is 13.2 Å². The summed E-state index contributed by atoms with van der Waals surface area (Å²) in [4.78, 5) is 13.8. The first kappa shape index (κ1) is 15.8. The molecule has 1 aromatic rings. The van der Waals surface area contributed by atoms with E-state index in [-0.39, 0.29) is 12.1 Å². The van der Waals surface area contributed by atoms with Crippen molar-refractivity contribution in [2.45, 2.75) is 45.1 Å². The topological polar surface area (TPSA) is 64.8 Å². The lowest BCUT2D eigenvalue weighted by Gasteiger charge is -2.30. The van der Waals surface area contributed by atoms with Gasteiger partial charge in [-0.1, -0.05) is 30.3 Å². The predicted octanol–water partition coefficient (Wildman–Crippen LogP) is 2.15. The van der Waals surface area contributed by atoms with Crippen molar-refractivity contribution in [1.82, 2.24) is 4.90 Å². The summed E-state index contributed by atoms with van der Waals surface area (Å²) >= 11 is 0. The van der Waals surface area contributed by atoms with E-state index in [1.165, 1.54) is 0 Å². The van der Waals surface area contributed by atoms with E-state index >= 15 is 0 Å². The molecule has 1 aromatic carbocycles. The van der Waals surface area contributed by atoms with Gasteiger partial charge in [0, 0.05) is 0 Å². The molecule has 2 N–H and O–H groups in total. The summed E-state index contributed by atoms with van der Waals surface area (Å²) in [5.74, 6) is 0. The Balaban J connectivity index is 1.99. The van der Waals surface area contributed by atoms with Crippen molar-refractivity contribution in [3.05, 3.63) is 35.9 Å². The Morgan fingerprint density at radius 3 is 2.71 bits per heavy atom. The molecule has 0 saturated carbocycles. The van der Waals surface area contributed by atoms with Crippen LogP contribution < -0.4 is 5.73 Å².